The molecule has 2 aromatic rings. The van der Waals surface area contributed by atoms with Crippen molar-refractivity contribution in [1.29, 1.82) is 0 Å². The van der Waals surface area contributed by atoms with E-state index >= 15 is 0 Å². The fraction of sp³-hybridized carbons (Fsp3) is 0.143. The van der Waals surface area contributed by atoms with Crippen molar-refractivity contribution in [3.05, 3.63) is 68.4 Å². The van der Waals surface area contributed by atoms with Gasteiger partial charge in [-0.15, -0.1) is 0 Å². The molecule has 0 aliphatic rings. The van der Waals surface area contributed by atoms with Gasteiger partial charge in [-0.2, -0.15) is 0 Å². The molecule has 0 saturated heterocycles. The maximum Gasteiger partial charge on any atom is 0.142 e. The highest BCUT2D eigenvalue weighted by atomic mass is 35.5. The summed E-state index contributed by atoms with van der Waals surface area (Å²) in [6, 6.07) is 9.29. The predicted molar refractivity (Wildman–Crippen MR) is 78.5 cm³/mol. The molecule has 0 amide bonds. The zero-order valence-corrected chi connectivity index (χ0v) is 12.1. The molecule has 100 valence electrons. The lowest BCUT2D eigenvalue weighted by atomic mass is 9.99. The van der Waals surface area contributed by atoms with E-state index in [1.807, 2.05) is 0 Å². The lowest BCUT2D eigenvalue weighted by Gasteiger charge is -2.15. The van der Waals surface area contributed by atoms with Crippen molar-refractivity contribution in [2.75, 3.05) is 0 Å². The highest BCUT2D eigenvalue weighted by Gasteiger charge is 2.15. The fourth-order valence-corrected chi connectivity index (χ4v) is 2.51. The molecule has 5 heteroatoms. The summed E-state index contributed by atoms with van der Waals surface area (Å²) in [5.41, 5.74) is 7.42. The average Bonchev–Trinajstić information content (AvgIpc) is 2.37. The summed E-state index contributed by atoms with van der Waals surface area (Å²) in [5, 5.41) is 1.21. The number of hydrogen-bond acceptors (Lipinski definition) is 1. The van der Waals surface area contributed by atoms with Gasteiger partial charge in [-0.05, 0) is 41.8 Å². The normalized spacial score (nSPS) is 12.5. The van der Waals surface area contributed by atoms with Gasteiger partial charge in [-0.25, -0.2) is 4.39 Å². The highest BCUT2D eigenvalue weighted by Crippen LogP contribution is 2.29. The van der Waals surface area contributed by atoms with E-state index in [9.17, 15) is 4.39 Å². The van der Waals surface area contributed by atoms with E-state index < -0.39 is 11.9 Å². The summed E-state index contributed by atoms with van der Waals surface area (Å²) in [7, 11) is 0. The quantitative estimate of drug-likeness (QED) is 0.844. The molecule has 0 bridgehead atoms. The van der Waals surface area contributed by atoms with Gasteiger partial charge in [0.25, 0.3) is 0 Å². The van der Waals surface area contributed by atoms with E-state index in [2.05, 4.69) is 0 Å². The Hall–Kier alpha value is -0.800. The van der Waals surface area contributed by atoms with Crippen LogP contribution >= 0.6 is 34.8 Å². The minimum Gasteiger partial charge on any atom is -0.324 e. The molecule has 0 aliphatic carbocycles. The van der Waals surface area contributed by atoms with Gasteiger partial charge in [0.1, 0.15) is 5.82 Å². The maximum atomic E-state index is 13.4. The number of halogens is 4. The molecule has 0 heterocycles. The van der Waals surface area contributed by atoms with Crippen LogP contribution < -0.4 is 5.73 Å². The topological polar surface area (TPSA) is 26.0 Å². The first-order valence-electron chi connectivity index (χ1n) is 5.62. The molecule has 1 atom stereocenters. The summed E-state index contributed by atoms with van der Waals surface area (Å²) in [6.07, 6.45) is 0.433. The summed E-state index contributed by atoms with van der Waals surface area (Å²) in [6.45, 7) is 0. The van der Waals surface area contributed by atoms with Crippen LogP contribution in [-0.2, 0) is 6.42 Å². The average molecular weight is 319 g/mol. The number of hydrogen-bond donors (Lipinski definition) is 1. The second-order valence-corrected chi connectivity index (χ2v) is 5.41. The molecule has 0 aromatic heterocycles. The SMILES string of the molecule is NC(Cc1cc(Cl)ccc1Cl)c1cccc(F)c1Cl. The van der Waals surface area contributed by atoms with Gasteiger partial charge in [0, 0.05) is 16.1 Å². The molecule has 2 aromatic carbocycles. The van der Waals surface area contributed by atoms with E-state index in [0.717, 1.165) is 5.56 Å². The molecule has 0 radical (unpaired) electrons. The first-order valence-corrected chi connectivity index (χ1v) is 6.76. The Labute approximate surface area is 126 Å². The van der Waals surface area contributed by atoms with E-state index in [1.54, 1.807) is 30.3 Å². The van der Waals surface area contributed by atoms with Gasteiger partial charge in [0.2, 0.25) is 0 Å². The number of nitrogens with two attached hydrogens (primary N) is 1. The number of rotatable bonds is 3. The van der Waals surface area contributed by atoms with Gasteiger partial charge in [-0.3, -0.25) is 0 Å². The molecule has 19 heavy (non-hydrogen) atoms. The summed E-state index contributed by atoms with van der Waals surface area (Å²) in [5.74, 6) is -0.480. The largest absolute Gasteiger partial charge is 0.324 e. The number of benzene rings is 2. The third kappa shape index (κ3) is 3.40. The van der Waals surface area contributed by atoms with Crippen LogP contribution in [0.15, 0.2) is 36.4 Å². The van der Waals surface area contributed by atoms with Crippen LogP contribution in [0, 0.1) is 5.82 Å². The van der Waals surface area contributed by atoms with Crippen LogP contribution in [0.4, 0.5) is 4.39 Å². The van der Waals surface area contributed by atoms with Crippen LogP contribution in [0.3, 0.4) is 0 Å². The third-order valence-electron chi connectivity index (χ3n) is 2.83. The maximum absolute atomic E-state index is 13.4. The first-order chi connectivity index (χ1) is 8.99. The molecule has 2 N–H and O–H groups in total. The van der Waals surface area contributed by atoms with Crippen molar-refractivity contribution in [1.82, 2.24) is 0 Å². The van der Waals surface area contributed by atoms with Crippen LogP contribution in [0.1, 0.15) is 17.2 Å². The van der Waals surface area contributed by atoms with Gasteiger partial charge in [0.15, 0.2) is 0 Å². The standard InChI is InChI=1S/C14H11Cl3FN/c15-9-4-5-11(16)8(6-9)7-13(19)10-2-1-3-12(18)14(10)17/h1-6,13H,7,19H2. The van der Waals surface area contributed by atoms with Crippen molar-refractivity contribution in [2.24, 2.45) is 5.73 Å². The Balaban J connectivity index is 2.28. The van der Waals surface area contributed by atoms with Gasteiger partial charge >= 0.3 is 0 Å². The molecule has 0 fully saturated rings. The van der Waals surface area contributed by atoms with E-state index in [0.29, 0.717) is 22.0 Å². The molecular formula is C14H11Cl3FN. The zero-order chi connectivity index (χ0) is 14.0. The molecular weight excluding hydrogens is 308 g/mol. The van der Waals surface area contributed by atoms with E-state index in [1.165, 1.54) is 6.07 Å². The van der Waals surface area contributed by atoms with E-state index in [4.69, 9.17) is 40.5 Å². The Kier molecular flexibility index (Phi) is 4.69. The Morgan fingerprint density at radius 1 is 1.11 bits per heavy atom. The second-order valence-electron chi connectivity index (χ2n) is 4.19. The summed E-state index contributed by atoms with van der Waals surface area (Å²) < 4.78 is 13.4. The van der Waals surface area contributed by atoms with Crippen molar-refractivity contribution >= 4 is 34.8 Å². The third-order valence-corrected chi connectivity index (χ3v) is 3.83. The van der Waals surface area contributed by atoms with Gasteiger partial charge in [-0.1, -0.05) is 46.9 Å². The minimum absolute atomic E-state index is 0.0492. The minimum atomic E-state index is -0.480. The van der Waals surface area contributed by atoms with Crippen molar-refractivity contribution in [2.45, 2.75) is 12.5 Å². The molecule has 0 spiro atoms. The van der Waals surface area contributed by atoms with Gasteiger partial charge in [0.05, 0.1) is 5.02 Å². The first kappa shape index (κ1) is 14.6. The van der Waals surface area contributed by atoms with E-state index in [-0.39, 0.29) is 5.02 Å². The van der Waals surface area contributed by atoms with Crippen molar-refractivity contribution in [3.8, 4) is 0 Å². The Bertz CT molecular complexity index is 601. The van der Waals surface area contributed by atoms with Crippen molar-refractivity contribution in [3.63, 3.8) is 0 Å². The molecule has 1 nitrogen and oxygen atoms in total. The smallest absolute Gasteiger partial charge is 0.142 e. The lowest BCUT2D eigenvalue weighted by Crippen LogP contribution is -2.14. The summed E-state index contributed by atoms with van der Waals surface area (Å²) >= 11 is 17.9. The Morgan fingerprint density at radius 2 is 1.84 bits per heavy atom. The molecule has 0 aliphatic heterocycles. The molecule has 1 unspecified atom stereocenters. The summed E-state index contributed by atoms with van der Waals surface area (Å²) in [4.78, 5) is 0. The predicted octanol–water partition coefficient (Wildman–Crippen LogP) is 5.03. The van der Waals surface area contributed by atoms with Crippen molar-refractivity contribution < 1.29 is 4.39 Å². The molecule has 2 rings (SSSR count). The Morgan fingerprint density at radius 3 is 2.58 bits per heavy atom. The zero-order valence-electron chi connectivity index (χ0n) is 9.84. The van der Waals surface area contributed by atoms with Crippen LogP contribution in [0.2, 0.25) is 15.1 Å². The van der Waals surface area contributed by atoms with Crippen LogP contribution in [0.5, 0.6) is 0 Å². The highest BCUT2D eigenvalue weighted by molar-refractivity contribution is 6.33. The lowest BCUT2D eigenvalue weighted by molar-refractivity contribution is 0.619. The fourth-order valence-electron chi connectivity index (χ4n) is 1.85. The second kappa shape index (κ2) is 6.10. The monoisotopic (exact) mass is 317 g/mol. The van der Waals surface area contributed by atoms with Gasteiger partial charge < -0.3 is 5.73 Å². The van der Waals surface area contributed by atoms with Crippen LogP contribution in [0.25, 0.3) is 0 Å². The van der Waals surface area contributed by atoms with Crippen LogP contribution in [-0.4, -0.2) is 0 Å². The molecule has 0 saturated carbocycles.